The Bertz CT molecular complexity index is 621. The van der Waals surface area contributed by atoms with Crippen LogP contribution in [0.3, 0.4) is 0 Å². The van der Waals surface area contributed by atoms with Crippen molar-refractivity contribution >= 4 is 36.3 Å². The average molecular weight is 269 g/mol. The van der Waals surface area contributed by atoms with Gasteiger partial charge >= 0.3 is 0 Å². The Hall–Kier alpha value is -2.07. The molecule has 0 spiro atoms. The predicted molar refractivity (Wildman–Crippen MR) is 84.7 cm³/mol. The van der Waals surface area contributed by atoms with Crippen molar-refractivity contribution in [3.8, 4) is 0 Å². The molecule has 0 saturated heterocycles. The molecule has 0 aliphatic rings. The Labute approximate surface area is 117 Å². The third-order valence-electron chi connectivity index (χ3n) is 2.68. The number of para-hydroxylation sites is 1. The number of aryl methyl sites for hydroxylation is 1. The van der Waals surface area contributed by atoms with Gasteiger partial charge in [-0.25, -0.2) is 4.40 Å². The summed E-state index contributed by atoms with van der Waals surface area (Å²) in [4.78, 5) is 4.94. The van der Waals surface area contributed by atoms with Crippen LogP contribution < -0.4 is 5.73 Å². The number of nitrogens with zero attached hydrogens (tertiary/aromatic N) is 2. The molecule has 0 amide bonds. The fourth-order valence-electron chi connectivity index (χ4n) is 1.60. The Balaban J connectivity index is 2.15. The van der Waals surface area contributed by atoms with Crippen molar-refractivity contribution in [1.82, 2.24) is 0 Å². The molecule has 0 fully saturated rings. The minimum absolute atomic E-state index is 0.741. The number of hydrogen-bond donors (Lipinski definition) is 1. The van der Waals surface area contributed by atoms with E-state index in [0.29, 0.717) is 0 Å². The topological polar surface area (TPSA) is 50.7 Å². The van der Waals surface area contributed by atoms with Crippen LogP contribution in [0.2, 0.25) is 0 Å². The summed E-state index contributed by atoms with van der Waals surface area (Å²) in [6, 6.07) is 13.6. The number of nitrogens with two attached hydrogens (primary N) is 1. The molecule has 0 aliphatic heterocycles. The molecule has 0 atom stereocenters. The standard InChI is InChI=1S/C15H15N3S/c1-11-7-8-13(16)9-12(11)10-18-19-15-6-4-3-5-14(15)17-2/h3-10H,2,16H2,1H3/b18-10+. The zero-order chi connectivity index (χ0) is 13.7. The number of benzene rings is 2. The first kappa shape index (κ1) is 13.4. The third kappa shape index (κ3) is 3.45. The van der Waals surface area contributed by atoms with Crippen molar-refractivity contribution in [3.63, 3.8) is 0 Å². The van der Waals surface area contributed by atoms with Gasteiger partial charge in [0.2, 0.25) is 0 Å². The van der Waals surface area contributed by atoms with Gasteiger partial charge in [-0.3, -0.25) is 4.99 Å². The van der Waals surface area contributed by atoms with E-state index in [1.807, 2.05) is 55.6 Å². The van der Waals surface area contributed by atoms with Gasteiger partial charge in [-0.1, -0.05) is 18.2 Å². The lowest BCUT2D eigenvalue weighted by Gasteiger charge is -2.02. The van der Waals surface area contributed by atoms with Crippen LogP contribution in [0.4, 0.5) is 11.4 Å². The van der Waals surface area contributed by atoms with Crippen molar-refractivity contribution in [2.45, 2.75) is 11.8 Å². The number of aliphatic imine (C=N–C) groups is 1. The Morgan fingerprint density at radius 2 is 2.00 bits per heavy atom. The maximum Gasteiger partial charge on any atom is 0.0776 e. The summed E-state index contributed by atoms with van der Waals surface area (Å²) in [5.74, 6) is 0. The summed E-state index contributed by atoms with van der Waals surface area (Å²) >= 11 is 1.38. The Morgan fingerprint density at radius 3 is 2.79 bits per heavy atom. The summed E-state index contributed by atoms with van der Waals surface area (Å²) in [5, 5.41) is 0. The van der Waals surface area contributed by atoms with Gasteiger partial charge in [-0.2, -0.15) is 0 Å². The van der Waals surface area contributed by atoms with Crippen molar-refractivity contribution in [1.29, 1.82) is 0 Å². The summed E-state index contributed by atoms with van der Waals surface area (Å²) in [5.41, 5.74) is 9.52. The molecule has 2 aromatic carbocycles. The van der Waals surface area contributed by atoms with Crippen LogP contribution in [0.15, 0.2) is 56.8 Å². The highest BCUT2D eigenvalue weighted by atomic mass is 32.2. The summed E-state index contributed by atoms with van der Waals surface area (Å²) in [6.45, 7) is 5.58. The predicted octanol–water partition coefficient (Wildman–Crippen LogP) is 4.04. The van der Waals surface area contributed by atoms with Gasteiger partial charge in [0.15, 0.2) is 0 Å². The van der Waals surface area contributed by atoms with E-state index in [9.17, 15) is 0 Å². The molecule has 2 N–H and O–H groups in total. The second-order valence-corrected chi connectivity index (χ2v) is 4.90. The molecule has 0 saturated carbocycles. The van der Waals surface area contributed by atoms with Crippen molar-refractivity contribution in [2.24, 2.45) is 9.39 Å². The maximum atomic E-state index is 5.76. The van der Waals surface area contributed by atoms with Crippen molar-refractivity contribution < 1.29 is 0 Å². The highest BCUT2D eigenvalue weighted by Crippen LogP contribution is 2.29. The van der Waals surface area contributed by atoms with Gasteiger partial charge in [0.25, 0.3) is 0 Å². The summed E-state index contributed by atoms with van der Waals surface area (Å²) in [7, 11) is 0. The van der Waals surface area contributed by atoms with Gasteiger partial charge in [0.1, 0.15) is 0 Å². The first-order valence-corrected chi connectivity index (χ1v) is 6.60. The quantitative estimate of drug-likeness (QED) is 0.517. The number of rotatable bonds is 4. The fourth-order valence-corrected chi connectivity index (χ4v) is 2.25. The smallest absolute Gasteiger partial charge is 0.0776 e. The first-order valence-electron chi connectivity index (χ1n) is 5.83. The van der Waals surface area contributed by atoms with Crippen LogP contribution in [0.5, 0.6) is 0 Å². The molecule has 0 bridgehead atoms. The largest absolute Gasteiger partial charge is 0.399 e. The molecular formula is C15H15N3S. The zero-order valence-corrected chi connectivity index (χ0v) is 11.5. The summed E-state index contributed by atoms with van der Waals surface area (Å²) < 4.78 is 4.37. The normalized spacial score (nSPS) is 10.8. The van der Waals surface area contributed by atoms with Crippen LogP contribution in [0.25, 0.3) is 0 Å². The second-order valence-electron chi connectivity index (χ2n) is 4.07. The molecule has 0 radical (unpaired) electrons. The fraction of sp³-hybridized carbons (Fsp3) is 0.0667. The SMILES string of the molecule is C=Nc1ccccc1S/N=C/c1cc(N)ccc1C. The maximum absolute atomic E-state index is 5.76. The molecule has 2 aromatic rings. The summed E-state index contributed by atoms with van der Waals surface area (Å²) in [6.07, 6.45) is 1.82. The number of nitrogen functional groups attached to an aromatic ring is 1. The monoisotopic (exact) mass is 269 g/mol. The molecule has 0 aromatic heterocycles. The number of hydrogen-bond acceptors (Lipinski definition) is 4. The van der Waals surface area contributed by atoms with Gasteiger partial charge < -0.3 is 5.73 Å². The molecule has 0 aliphatic carbocycles. The molecular weight excluding hydrogens is 254 g/mol. The van der Waals surface area contributed by atoms with Crippen LogP contribution >= 0.6 is 11.9 Å². The molecule has 0 unspecified atom stereocenters. The van der Waals surface area contributed by atoms with Crippen molar-refractivity contribution in [2.75, 3.05) is 5.73 Å². The van der Waals surface area contributed by atoms with E-state index in [4.69, 9.17) is 5.73 Å². The van der Waals surface area contributed by atoms with Gasteiger partial charge in [-0.05, 0) is 49.0 Å². The van der Waals surface area contributed by atoms with Gasteiger partial charge in [-0.15, -0.1) is 0 Å². The van der Waals surface area contributed by atoms with Crippen LogP contribution in [0, 0.1) is 6.92 Å². The lowest BCUT2D eigenvalue weighted by atomic mass is 10.1. The van der Waals surface area contributed by atoms with E-state index in [2.05, 4.69) is 16.1 Å². The molecule has 96 valence electrons. The van der Waals surface area contributed by atoms with E-state index in [1.165, 1.54) is 11.9 Å². The van der Waals surface area contributed by atoms with E-state index in [-0.39, 0.29) is 0 Å². The zero-order valence-electron chi connectivity index (χ0n) is 10.7. The second kappa shape index (κ2) is 6.20. The van der Waals surface area contributed by atoms with Crippen LogP contribution in [-0.4, -0.2) is 12.9 Å². The van der Waals surface area contributed by atoms with E-state index in [1.54, 1.807) is 0 Å². The highest BCUT2D eigenvalue weighted by molar-refractivity contribution is 7.98. The highest BCUT2D eigenvalue weighted by Gasteiger charge is 1.99. The molecule has 3 nitrogen and oxygen atoms in total. The van der Waals surface area contributed by atoms with Gasteiger partial charge in [0.05, 0.1) is 10.6 Å². The minimum Gasteiger partial charge on any atom is -0.399 e. The van der Waals surface area contributed by atoms with E-state index < -0.39 is 0 Å². The molecule has 4 heteroatoms. The van der Waals surface area contributed by atoms with E-state index in [0.717, 1.165) is 27.4 Å². The Kier molecular flexibility index (Phi) is 4.36. The molecule has 2 rings (SSSR count). The first-order chi connectivity index (χ1) is 9.20. The number of anilines is 1. The lowest BCUT2D eigenvalue weighted by Crippen LogP contribution is -1.90. The Morgan fingerprint density at radius 1 is 1.21 bits per heavy atom. The minimum atomic E-state index is 0.741. The molecule has 19 heavy (non-hydrogen) atoms. The lowest BCUT2D eigenvalue weighted by molar-refractivity contribution is 1.39. The third-order valence-corrected chi connectivity index (χ3v) is 3.43. The van der Waals surface area contributed by atoms with E-state index >= 15 is 0 Å². The average Bonchev–Trinajstić information content (AvgIpc) is 2.43. The van der Waals surface area contributed by atoms with Crippen molar-refractivity contribution in [3.05, 3.63) is 53.6 Å². The van der Waals surface area contributed by atoms with Crippen LogP contribution in [-0.2, 0) is 0 Å². The molecule has 0 heterocycles. The van der Waals surface area contributed by atoms with Gasteiger partial charge in [0, 0.05) is 23.8 Å². The van der Waals surface area contributed by atoms with Crippen LogP contribution in [0.1, 0.15) is 11.1 Å².